The number of anilines is 2. The predicted molar refractivity (Wildman–Crippen MR) is 76.5 cm³/mol. The zero-order valence-electron chi connectivity index (χ0n) is 12.3. The van der Waals surface area contributed by atoms with Gasteiger partial charge in [-0.2, -0.15) is 13.9 Å². The highest BCUT2D eigenvalue weighted by molar-refractivity contribution is 5.99. The summed E-state index contributed by atoms with van der Waals surface area (Å²) in [5, 5.41) is 8.82. The maximum atomic E-state index is 12.7. The van der Waals surface area contributed by atoms with Crippen molar-refractivity contribution < 1.29 is 27.1 Å². The van der Waals surface area contributed by atoms with Crippen LogP contribution in [-0.4, -0.2) is 39.8 Å². The van der Waals surface area contributed by atoms with Crippen LogP contribution < -0.4 is 15.4 Å². The number of halogens is 4. The maximum Gasteiger partial charge on any atom is 0.340 e. The zero-order chi connectivity index (χ0) is 17.7. The minimum Gasteiger partial charge on any atom is -0.471 e. The molecule has 0 aliphatic rings. The molecule has 0 spiro atoms. The van der Waals surface area contributed by atoms with Crippen LogP contribution in [0.1, 0.15) is 0 Å². The largest absolute Gasteiger partial charge is 0.471 e. The molecule has 2 amide bonds. The summed E-state index contributed by atoms with van der Waals surface area (Å²) in [4.78, 5) is 15.4. The van der Waals surface area contributed by atoms with Gasteiger partial charge in [0.2, 0.25) is 5.88 Å². The number of rotatable bonds is 6. The van der Waals surface area contributed by atoms with Gasteiger partial charge in [-0.15, -0.1) is 0 Å². The van der Waals surface area contributed by atoms with Gasteiger partial charge in [-0.25, -0.2) is 18.6 Å². The molecule has 0 saturated heterocycles. The predicted octanol–water partition coefficient (Wildman–Crippen LogP) is 2.74. The second-order valence-electron chi connectivity index (χ2n) is 4.72. The van der Waals surface area contributed by atoms with Crippen molar-refractivity contribution in [1.82, 2.24) is 14.8 Å². The summed E-state index contributed by atoms with van der Waals surface area (Å²) in [6, 6.07) is 1.93. The average molecular weight is 347 g/mol. The van der Waals surface area contributed by atoms with Crippen LogP contribution in [0.4, 0.5) is 33.7 Å². The molecule has 24 heavy (non-hydrogen) atoms. The number of hydrogen-bond donors (Lipinski definition) is 2. The third-order valence-electron chi connectivity index (χ3n) is 2.69. The van der Waals surface area contributed by atoms with E-state index < -0.39 is 25.0 Å². The van der Waals surface area contributed by atoms with Gasteiger partial charge in [0.25, 0.3) is 0 Å². The third-order valence-corrected chi connectivity index (χ3v) is 2.69. The molecular formula is C13H13F4N5O2. The van der Waals surface area contributed by atoms with Crippen molar-refractivity contribution in [2.45, 2.75) is 12.3 Å². The fraction of sp³-hybridized carbons (Fsp3) is 0.308. The molecule has 2 N–H and O–H groups in total. The Morgan fingerprint density at radius 2 is 2.00 bits per heavy atom. The number of amides is 2. The minimum absolute atomic E-state index is 0.254. The SMILES string of the molecule is Cn1cc(NC(=O)Nc2ccc(OCC(F)(F)C(F)F)nc2)cn1. The number of nitrogens with zero attached hydrogens (tertiary/aromatic N) is 3. The van der Waals surface area contributed by atoms with Gasteiger partial charge in [0, 0.05) is 19.3 Å². The topological polar surface area (TPSA) is 81.1 Å². The number of carbonyl (C=O) groups is 1. The van der Waals surface area contributed by atoms with Crippen LogP contribution in [0, 0.1) is 0 Å². The molecular weight excluding hydrogens is 334 g/mol. The van der Waals surface area contributed by atoms with E-state index in [4.69, 9.17) is 0 Å². The first kappa shape index (κ1) is 17.5. The van der Waals surface area contributed by atoms with Gasteiger partial charge in [0.05, 0.1) is 23.8 Å². The lowest BCUT2D eigenvalue weighted by atomic mass is 10.4. The molecule has 0 bridgehead atoms. The van der Waals surface area contributed by atoms with E-state index in [1.54, 1.807) is 13.2 Å². The molecule has 0 atom stereocenters. The van der Waals surface area contributed by atoms with Crippen LogP contribution in [-0.2, 0) is 7.05 Å². The highest BCUT2D eigenvalue weighted by Gasteiger charge is 2.41. The Morgan fingerprint density at radius 1 is 1.29 bits per heavy atom. The Hall–Kier alpha value is -2.85. The molecule has 0 aliphatic carbocycles. The number of urea groups is 1. The first-order valence-electron chi connectivity index (χ1n) is 6.58. The van der Waals surface area contributed by atoms with E-state index >= 15 is 0 Å². The standard InChI is InChI=1S/C13H13F4N5O2/c1-22-6-9(5-19-22)21-12(23)20-8-2-3-10(18-4-8)24-7-13(16,17)11(14)15/h2-6,11H,7H2,1H3,(H2,20,21,23). The number of aryl methyl sites for hydroxylation is 1. The van der Waals surface area contributed by atoms with Crippen LogP contribution in [0.15, 0.2) is 30.7 Å². The van der Waals surface area contributed by atoms with Gasteiger partial charge in [-0.05, 0) is 6.07 Å². The molecule has 0 saturated carbocycles. The van der Waals surface area contributed by atoms with Gasteiger partial charge in [-0.3, -0.25) is 4.68 Å². The molecule has 0 aromatic carbocycles. The van der Waals surface area contributed by atoms with Crippen molar-refractivity contribution in [3.8, 4) is 5.88 Å². The molecule has 2 heterocycles. The molecule has 0 radical (unpaired) electrons. The quantitative estimate of drug-likeness (QED) is 0.788. The van der Waals surface area contributed by atoms with Gasteiger partial charge in [0.15, 0.2) is 6.61 Å². The lowest BCUT2D eigenvalue weighted by Gasteiger charge is -2.15. The lowest BCUT2D eigenvalue weighted by Crippen LogP contribution is -2.33. The van der Waals surface area contributed by atoms with Gasteiger partial charge in [0.1, 0.15) is 0 Å². The average Bonchev–Trinajstić information content (AvgIpc) is 2.91. The van der Waals surface area contributed by atoms with Gasteiger partial charge in [-0.1, -0.05) is 0 Å². The van der Waals surface area contributed by atoms with E-state index in [0.717, 1.165) is 6.20 Å². The number of pyridine rings is 1. The highest BCUT2D eigenvalue weighted by Crippen LogP contribution is 2.24. The molecule has 11 heteroatoms. The summed E-state index contributed by atoms with van der Waals surface area (Å²) in [7, 11) is 1.68. The summed E-state index contributed by atoms with van der Waals surface area (Å²) < 4.78 is 55.4. The van der Waals surface area contributed by atoms with E-state index in [1.165, 1.54) is 23.0 Å². The molecule has 0 unspecified atom stereocenters. The Labute approximate surface area is 133 Å². The van der Waals surface area contributed by atoms with E-state index in [2.05, 4.69) is 25.5 Å². The second kappa shape index (κ2) is 7.15. The van der Waals surface area contributed by atoms with E-state index in [0.29, 0.717) is 5.69 Å². The van der Waals surface area contributed by atoms with E-state index in [-0.39, 0.29) is 11.6 Å². The molecule has 0 aliphatic heterocycles. The maximum absolute atomic E-state index is 12.7. The number of ether oxygens (including phenoxy) is 1. The van der Waals surface area contributed by atoms with Crippen molar-refractivity contribution in [3.05, 3.63) is 30.7 Å². The Balaban J connectivity index is 1.86. The van der Waals surface area contributed by atoms with Crippen molar-refractivity contribution >= 4 is 17.4 Å². The fourth-order valence-electron chi connectivity index (χ4n) is 1.55. The van der Waals surface area contributed by atoms with Crippen LogP contribution >= 0.6 is 0 Å². The summed E-state index contributed by atoms with van der Waals surface area (Å²) in [6.07, 6.45) is 0.337. The molecule has 130 valence electrons. The van der Waals surface area contributed by atoms with Gasteiger partial charge >= 0.3 is 18.4 Å². The second-order valence-corrected chi connectivity index (χ2v) is 4.72. The Morgan fingerprint density at radius 3 is 2.54 bits per heavy atom. The van der Waals surface area contributed by atoms with Crippen LogP contribution in [0.5, 0.6) is 5.88 Å². The lowest BCUT2D eigenvalue weighted by molar-refractivity contribution is -0.148. The summed E-state index contributed by atoms with van der Waals surface area (Å²) in [6.45, 7) is -1.49. The Bertz CT molecular complexity index is 690. The molecule has 2 aromatic heterocycles. The number of aromatic nitrogens is 3. The molecule has 2 aromatic rings. The molecule has 7 nitrogen and oxygen atoms in total. The van der Waals surface area contributed by atoms with E-state index in [9.17, 15) is 22.4 Å². The van der Waals surface area contributed by atoms with Crippen molar-refractivity contribution in [2.75, 3.05) is 17.2 Å². The summed E-state index contributed by atoms with van der Waals surface area (Å²) in [5.74, 6) is -4.53. The first-order valence-corrected chi connectivity index (χ1v) is 6.58. The van der Waals surface area contributed by atoms with Crippen molar-refractivity contribution in [1.29, 1.82) is 0 Å². The molecule has 0 fully saturated rings. The smallest absolute Gasteiger partial charge is 0.340 e. The van der Waals surface area contributed by atoms with Crippen LogP contribution in [0.3, 0.4) is 0 Å². The van der Waals surface area contributed by atoms with Crippen LogP contribution in [0.25, 0.3) is 0 Å². The van der Waals surface area contributed by atoms with Crippen molar-refractivity contribution in [2.24, 2.45) is 7.05 Å². The monoisotopic (exact) mass is 347 g/mol. The fourth-order valence-corrected chi connectivity index (χ4v) is 1.55. The number of alkyl halides is 4. The normalized spacial score (nSPS) is 11.4. The van der Waals surface area contributed by atoms with Crippen molar-refractivity contribution in [3.63, 3.8) is 0 Å². The van der Waals surface area contributed by atoms with E-state index in [1.807, 2.05) is 0 Å². The first-order chi connectivity index (χ1) is 11.3. The summed E-state index contributed by atoms with van der Waals surface area (Å²) >= 11 is 0. The number of carbonyl (C=O) groups excluding carboxylic acids is 1. The Kier molecular flexibility index (Phi) is 5.21. The highest BCUT2D eigenvalue weighted by atomic mass is 19.3. The molecule has 2 rings (SSSR count). The number of nitrogens with one attached hydrogen (secondary N) is 2. The van der Waals surface area contributed by atoms with Crippen LogP contribution in [0.2, 0.25) is 0 Å². The summed E-state index contributed by atoms with van der Waals surface area (Å²) in [5.41, 5.74) is 0.724. The van der Waals surface area contributed by atoms with Gasteiger partial charge < -0.3 is 15.4 Å². The minimum atomic E-state index is -4.26. The third kappa shape index (κ3) is 4.83. The zero-order valence-corrected chi connectivity index (χ0v) is 12.3. The number of hydrogen-bond acceptors (Lipinski definition) is 4.